The van der Waals surface area contributed by atoms with Gasteiger partial charge in [-0.1, -0.05) is 30.3 Å². The number of aromatic nitrogens is 5. The standard InChI is InChI=1S/C21H21N7O2/c1-13(2)23-19(29)15-11-22-27(3)18(15)20(30)25-17-9-10-28-12-16(24-21(28)26-17)14-7-5-4-6-8-14/h4-13H,1-3H3,(H,23,29)(H,24,25,26,30). The Bertz CT molecular complexity index is 1220. The average Bonchev–Trinajstić information content (AvgIpc) is 3.31. The molecule has 30 heavy (non-hydrogen) atoms. The number of carbonyl (C=O) groups is 2. The lowest BCUT2D eigenvalue weighted by atomic mass is 10.2. The van der Waals surface area contributed by atoms with E-state index in [1.54, 1.807) is 23.7 Å². The Hall–Kier alpha value is -4.01. The highest BCUT2D eigenvalue weighted by Crippen LogP contribution is 2.19. The highest BCUT2D eigenvalue weighted by molar-refractivity contribution is 6.10. The van der Waals surface area contributed by atoms with E-state index in [0.717, 1.165) is 11.3 Å². The van der Waals surface area contributed by atoms with Crippen LogP contribution in [0.1, 0.15) is 34.7 Å². The molecule has 0 radical (unpaired) electrons. The molecule has 0 atom stereocenters. The minimum atomic E-state index is -0.476. The minimum absolute atomic E-state index is 0.0584. The van der Waals surface area contributed by atoms with Crippen LogP contribution in [0.4, 0.5) is 5.82 Å². The molecule has 0 fully saturated rings. The molecule has 152 valence electrons. The van der Waals surface area contributed by atoms with E-state index in [9.17, 15) is 9.59 Å². The molecule has 9 nitrogen and oxygen atoms in total. The zero-order chi connectivity index (χ0) is 21.3. The molecule has 9 heteroatoms. The molecule has 4 aromatic rings. The predicted molar refractivity (Wildman–Crippen MR) is 112 cm³/mol. The van der Waals surface area contributed by atoms with Gasteiger partial charge in [-0.15, -0.1) is 0 Å². The van der Waals surface area contributed by atoms with Crippen LogP contribution in [0.3, 0.4) is 0 Å². The summed E-state index contributed by atoms with van der Waals surface area (Å²) in [5.74, 6) is -0.0495. The third-order valence-electron chi connectivity index (χ3n) is 4.46. The van der Waals surface area contributed by atoms with Crippen molar-refractivity contribution < 1.29 is 9.59 Å². The third-order valence-corrected chi connectivity index (χ3v) is 4.46. The van der Waals surface area contributed by atoms with Crippen LogP contribution in [0, 0.1) is 0 Å². The van der Waals surface area contributed by atoms with Crippen LogP contribution < -0.4 is 10.6 Å². The van der Waals surface area contributed by atoms with Gasteiger partial charge in [-0.2, -0.15) is 10.1 Å². The Kier molecular flexibility index (Phi) is 5.01. The summed E-state index contributed by atoms with van der Waals surface area (Å²) < 4.78 is 3.15. The number of amides is 2. The quantitative estimate of drug-likeness (QED) is 0.533. The number of anilines is 1. The second kappa shape index (κ2) is 7.78. The number of nitrogens with one attached hydrogen (secondary N) is 2. The van der Waals surface area contributed by atoms with Gasteiger partial charge in [0.1, 0.15) is 11.5 Å². The number of rotatable bonds is 5. The van der Waals surface area contributed by atoms with Gasteiger partial charge in [-0.05, 0) is 19.9 Å². The molecule has 0 aliphatic rings. The number of imidazole rings is 1. The van der Waals surface area contributed by atoms with Crippen LogP contribution in [-0.4, -0.2) is 42.0 Å². The van der Waals surface area contributed by atoms with E-state index < -0.39 is 5.91 Å². The maximum absolute atomic E-state index is 12.9. The highest BCUT2D eigenvalue weighted by Gasteiger charge is 2.23. The summed E-state index contributed by atoms with van der Waals surface area (Å²) in [5, 5.41) is 9.56. The van der Waals surface area contributed by atoms with Crippen LogP contribution in [0.5, 0.6) is 0 Å². The SMILES string of the molecule is CC(C)NC(=O)c1cnn(C)c1C(=O)Nc1ccn2cc(-c3ccccc3)nc2n1. The van der Waals surface area contributed by atoms with Gasteiger partial charge >= 0.3 is 0 Å². The molecule has 0 aliphatic carbocycles. The Morgan fingerprint density at radius 3 is 2.53 bits per heavy atom. The second-order valence-corrected chi connectivity index (χ2v) is 7.12. The van der Waals surface area contributed by atoms with Crippen LogP contribution in [0.2, 0.25) is 0 Å². The zero-order valence-corrected chi connectivity index (χ0v) is 16.8. The molecule has 4 rings (SSSR count). The number of hydrogen-bond donors (Lipinski definition) is 2. The van der Waals surface area contributed by atoms with Gasteiger partial charge in [-0.25, -0.2) is 4.98 Å². The van der Waals surface area contributed by atoms with Gasteiger partial charge < -0.3 is 10.6 Å². The van der Waals surface area contributed by atoms with Crippen molar-refractivity contribution in [2.75, 3.05) is 5.32 Å². The molecule has 3 heterocycles. The molecule has 0 unspecified atom stereocenters. The molecule has 0 bridgehead atoms. The number of carbonyl (C=O) groups excluding carboxylic acids is 2. The number of benzene rings is 1. The normalized spacial score (nSPS) is 11.1. The van der Waals surface area contributed by atoms with Crippen LogP contribution in [0.25, 0.3) is 17.0 Å². The average molecular weight is 403 g/mol. The van der Waals surface area contributed by atoms with E-state index in [1.807, 2.05) is 50.4 Å². The van der Waals surface area contributed by atoms with Crippen molar-refractivity contribution in [3.8, 4) is 11.3 Å². The Morgan fingerprint density at radius 1 is 1.03 bits per heavy atom. The van der Waals surface area contributed by atoms with Crippen LogP contribution >= 0.6 is 0 Å². The zero-order valence-electron chi connectivity index (χ0n) is 16.8. The molecular formula is C21H21N7O2. The van der Waals surface area contributed by atoms with Crippen molar-refractivity contribution in [2.24, 2.45) is 7.05 Å². The van der Waals surface area contributed by atoms with E-state index in [4.69, 9.17) is 0 Å². The lowest BCUT2D eigenvalue weighted by Gasteiger charge is -2.10. The van der Waals surface area contributed by atoms with Crippen LogP contribution in [-0.2, 0) is 7.05 Å². The Morgan fingerprint density at radius 2 is 1.80 bits per heavy atom. The first-order valence-corrected chi connectivity index (χ1v) is 9.48. The molecule has 0 spiro atoms. The van der Waals surface area contributed by atoms with E-state index in [1.165, 1.54) is 10.9 Å². The van der Waals surface area contributed by atoms with Gasteiger partial charge in [0.2, 0.25) is 5.78 Å². The summed E-state index contributed by atoms with van der Waals surface area (Å²) in [6, 6.07) is 11.4. The van der Waals surface area contributed by atoms with Crippen molar-refractivity contribution in [1.82, 2.24) is 29.5 Å². The fraction of sp³-hybridized carbons (Fsp3) is 0.190. The van der Waals surface area contributed by atoms with E-state index in [-0.39, 0.29) is 23.2 Å². The van der Waals surface area contributed by atoms with Gasteiger partial charge in [0.15, 0.2) is 0 Å². The van der Waals surface area contributed by atoms with Crippen molar-refractivity contribution in [3.05, 3.63) is 66.2 Å². The maximum Gasteiger partial charge on any atom is 0.275 e. The number of nitrogens with zero attached hydrogens (tertiary/aromatic N) is 5. The topological polar surface area (TPSA) is 106 Å². The first-order chi connectivity index (χ1) is 14.4. The minimum Gasteiger partial charge on any atom is -0.350 e. The second-order valence-electron chi connectivity index (χ2n) is 7.12. The molecule has 0 aliphatic heterocycles. The summed E-state index contributed by atoms with van der Waals surface area (Å²) in [4.78, 5) is 34.2. The van der Waals surface area contributed by atoms with E-state index in [0.29, 0.717) is 11.6 Å². The Balaban J connectivity index is 1.60. The van der Waals surface area contributed by atoms with Gasteiger partial charge in [0.05, 0.1) is 17.5 Å². The largest absolute Gasteiger partial charge is 0.350 e. The molecule has 2 N–H and O–H groups in total. The summed E-state index contributed by atoms with van der Waals surface area (Å²) in [5.41, 5.74) is 2.12. The highest BCUT2D eigenvalue weighted by atomic mass is 16.2. The van der Waals surface area contributed by atoms with E-state index >= 15 is 0 Å². The van der Waals surface area contributed by atoms with Crippen molar-refractivity contribution in [2.45, 2.75) is 19.9 Å². The number of aryl methyl sites for hydroxylation is 1. The maximum atomic E-state index is 12.9. The van der Waals surface area contributed by atoms with Crippen molar-refractivity contribution in [3.63, 3.8) is 0 Å². The van der Waals surface area contributed by atoms with Gasteiger partial charge in [-0.3, -0.25) is 18.7 Å². The molecule has 3 aromatic heterocycles. The van der Waals surface area contributed by atoms with Gasteiger partial charge in [0, 0.05) is 31.0 Å². The molecule has 0 saturated carbocycles. The monoisotopic (exact) mass is 403 g/mol. The summed E-state index contributed by atoms with van der Waals surface area (Å²) in [6.45, 7) is 3.70. The van der Waals surface area contributed by atoms with E-state index in [2.05, 4.69) is 25.7 Å². The molecule has 1 aromatic carbocycles. The predicted octanol–water partition coefficient (Wildman–Crippen LogP) is 2.52. The fourth-order valence-corrected chi connectivity index (χ4v) is 3.08. The first-order valence-electron chi connectivity index (χ1n) is 9.48. The molecule has 0 saturated heterocycles. The smallest absolute Gasteiger partial charge is 0.275 e. The molecular weight excluding hydrogens is 382 g/mol. The van der Waals surface area contributed by atoms with Gasteiger partial charge in [0.25, 0.3) is 11.8 Å². The lowest BCUT2D eigenvalue weighted by Crippen LogP contribution is -2.32. The van der Waals surface area contributed by atoms with Crippen LogP contribution in [0.15, 0.2) is 55.0 Å². The van der Waals surface area contributed by atoms with Crippen molar-refractivity contribution in [1.29, 1.82) is 0 Å². The summed E-state index contributed by atoms with van der Waals surface area (Å²) in [7, 11) is 1.61. The molecule has 2 amide bonds. The summed E-state index contributed by atoms with van der Waals surface area (Å²) >= 11 is 0. The summed E-state index contributed by atoms with van der Waals surface area (Å²) in [6.07, 6.45) is 5.02. The lowest BCUT2D eigenvalue weighted by molar-refractivity contribution is 0.0929. The Labute approximate surface area is 172 Å². The number of fused-ring (bicyclic) bond motifs is 1. The first kappa shape index (κ1) is 19.3. The third kappa shape index (κ3) is 3.77. The number of hydrogen-bond acceptors (Lipinski definition) is 5. The van der Waals surface area contributed by atoms with Crippen molar-refractivity contribution >= 4 is 23.4 Å². The fourth-order valence-electron chi connectivity index (χ4n) is 3.08.